The first-order valence-corrected chi connectivity index (χ1v) is 7.10. The van der Waals surface area contributed by atoms with Gasteiger partial charge < -0.3 is 5.11 Å². The third kappa shape index (κ3) is 5.95. The largest absolute Gasteiger partial charge is 0.395 e. The molecular weight excluding hydrogens is 267 g/mol. The SMILES string of the molecule is CCN(Cc1ccc(C#CCCO)cc1F)CC(C)C#N. The average Bonchev–Trinajstić information content (AvgIpc) is 2.49. The Morgan fingerprint density at radius 3 is 2.76 bits per heavy atom. The second-order valence-corrected chi connectivity index (χ2v) is 4.94. The van der Waals surface area contributed by atoms with E-state index in [2.05, 4.69) is 17.9 Å². The van der Waals surface area contributed by atoms with E-state index < -0.39 is 0 Å². The molecule has 1 N–H and O–H groups in total. The fourth-order valence-electron chi connectivity index (χ4n) is 1.95. The Kier molecular flexibility index (Phi) is 7.46. The van der Waals surface area contributed by atoms with Crippen molar-refractivity contribution < 1.29 is 9.50 Å². The lowest BCUT2D eigenvalue weighted by molar-refractivity contribution is 0.257. The van der Waals surface area contributed by atoms with Gasteiger partial charge in [0.15, 0.2) is 0 Å². The van der Waals surface area contributed by atoms with E-state index in [9.17, 15) is 4.39 Å². The van der Waals surface area contributed by atoms with Gasteiger partial charge in [-0.1, -0.05) is 24.8 Å². The van der Waals surface area contributed by atoms with Crippen molar-refractivity contribution in [1.29, 1.82) is 5.26 Å². The third-order valence-electron chi connectivity index (χ3n) is 3.12. The number of nitrogens with zero attached hydrogens (tertiary/aromatic N) is 2. The van der Waals surface area contributed by atoms with Crippen LogP contribution < -0.4 is 0 Å². The Morgan fingerprint density at radius 2 is 2.19 bits per heavy atom. The van der Waals surface area contributed by atoms with Gasteiger partial charge in [0.2, 0.25) is 0 Å². The standard InChI is InChI=1S/C17H21FN2O/c1-3-20(12-14(2)11-19)13-16-8-7-15(10-17(16)18)6-4-5-9-21/h7-8,10,14,21H,3,5,9,12-13H2,1-2H3. The van der Waals surface area contributed by atoms with Crippen LogP contribution in [0.5, 0.6) is 0 Å². The Balaban J connectivity index is 2.76. The van der Waals surface area contributed by atoms with Crippen molar-refractivity contribution in [3.8, 4) is 17.9 Å². The van der Waals surface area contributed by atoms with Crippen LogP contribution in [-0.2, 0) is 6.54 Å². The van der Waals surface area contributed by atoms with Gasteiger partial charge in [-0.25, -0.2) is 4.39 Å². The number of benzene rings is 1. The first-order chi connectivity index (χ1) is 10.1. The molecule has 0 radical (unpaired) electrons. The molecule has 1 unspecified atom stereocenters. The van der Waals surface area contributed by atoms with Crippen molar-refractivity contribution in [2.45, 2.75) is 26.8 Å². The minimum absolute atomic E-state index is 0.0100. The number of rotatable bonds is 6. The minimum Gasteiger partial charge on any atom is -0.395 e. The summed E-state index contributed by atoms with van der Waals surface area (Å²) in [4.78, 5) is 2.05. The van der Waals surface area contributed by atoms with Crippen LogP contribution in [0, 0.1) is 34.9 Å². The minimum atomic E-state index is -0.283. The molecule has 21 heavy (non-hydrogen) atoms. The molecule has 0 amide bonds. The van der Waals surface area contributed by atoms with Crippen LogP contribution in [0.4, 0.5) is 4.39 Å². The van der Waals surface area contributed by atoms with Crippen molar-refractivity contribution in [2.24, 2.45) is 5.92 Å². The average molecular weight is 288 g/mol. The number of aliphatic hydroxyl groups is 1. The molecule has 3 nitrogen and oxygen atoms in total. The van der Waals surface area contributed by atoms with Crippen LogP contribution in [0.1, 0.15) is 31.4 Å². The summed E-state index contributed by atoms with van der Waals surface area (Å²) in [6.45, 7) is 5.75. The second-order valence-electron chi connectivity index (χ2n) is 4.94. The molecule has 1 aromatic carbocycles. The molecule has 0 heterocycles. The molecule has 0 aromatic heterocycles. The zero-order valence-electron chi connectivity index (χ0n) is 12.6. The smallest absolute Gasteiger partial charge is 0.128 e. The van der Waals surface area contributed by atoms with Crippen molar-refractivity contribution in [3.63, 3.8) is 0 Å². The molecule has 0 aliphatic heterocycles. The van der Waals surface area contributed by atoms with Gasteiger partial charge >= 0.3 is 0 Å². The summed E-state index contributed by atoms with van der Waals surface area (Å²) in [6.07, 6.45) is 0.388. The van der Waals surface area contributed by atoms with Crippen LogP contribution in [-0.4, -0.2) is 29.7 Å². The predicted molar refractivity (Wildman–Crippen MR) is 80.7 cm³/mol. The molecule has 0 aliphatic carbocycles. The molecule has 1 aromatic rings. The van der Waals surface area contributed by atoms with E-state index >= 15 is 0 Å². The lowest BCUT2D eigenvalue weighted by Gasteiger charge is -2.21. The zero-order valence-corrected chi connectivity index (χ0v) is 12.6. The molecule has 1 atom stereocenters. The molecule has 0 fully saturated rings. The number of aliphatic hydroxyl groups excluding tert-OH is 1. The first-order valence-electron chi connectivity index (χ1n) is 7.10. The van der Waals surface area contributed by atoms with Gasteiger partial charge in [-0.05, 0) is 25.6 Å². The normalized spacial score (nSPS) is 11.6. The Labute approximate surface area is 126 Å². The quantitative estimate of drug-likeness (QED) is 0.818. The topological polar surface area (TPSA) is 47.3 Å². The Morgan fingerprint density at radius 1 is 1.43 bits per heavy atom. The number of hydrogen-bond acceptors (Lipinski definition) is 3. The summed E-state index contributed by atoms with van der Waals surface area (Å²) in [5, 5.41) is 17.5. The molecular formula is C17H21FN2O. The van der Waals surface area contributed by atoms with Crippen LogP contribution in [0.2, 0.25) is 0 Å². The van der Waals surface area contributed by atoms with Crippen LogP contribution in [0.25, 0.3) is 0 Å². The summed E-state index contributed by atoms with van der Waals surface area (Å²) in [6, 6.07) is 7.13. The highest BCUT2D eigenvalue weighted by Gasteiger charge is 2.11. The summed E-state index contributed by atoms with van der Waals surface area (Å²) in [5.74, 6) is 5.23. The molecule has 1 rings (SSSR count). The fraction of sp³-hybridized carbons (Fsp3) is 0.471. The fourth-order valence-corrected chi connectivity index (χ4v) is 1.95. The van der Waals surface area contributed by atoms with E-state index in [0.717, 1.165) is 6.54 Å². The van der Waals surface area contributed by atoms with Crippen LogP contribution in [0.15, 0.2) is 18.2 Å². The van der Waals surface area contributed by atoms with Gasteiger partial charge in [-0.2, -0.15) is 5.26 Å². The lowest BCUT2D eigenvalue weighted by atomic mass is 10.1. The Bertz CT molecular complexity index is 554. The maximum atomic E-state index is 14.1. The van der Waals surface area contributed by atoms with Gasteiger partial charge in [0.05, 0.1) is 18.6 Å². The van der Waals surface area contributed by atoms with E-state index in [4.69, 9.17) is 10.4 Å². The van der Waals surface area contributed by atoms with Crippen molar-refractivity contribution in [2.75, 3.05) is 19.7 Å². The number of halogens is 1. The summed E-state index contributed by atoms with van der Waals surface area (Å²) in [7, 11) is 0. The Hall–Kier alpha value is -1.88. The molecule has 0 saturated carbocycles. The maximum Gasteiger partial charge on any atom is 0.128 e. The van der Waals surface area contributed by atoms with Gasteiger partial charge in [-0.3, -0.25) is 4.90 Å². The summed E-state index contributed by atoms with van der Waals surface area (Å²) >= 11 is 0. The van der Waals surface area contributed by atoms with E-state index in [0.29, 0.717) is 30.6 Å². The molecule has 112 valence electrons. The summed E-state index contributed by atoms with van der Waals surface area (Å²) in [5.41, 5.74) is 1.22. The second kappa shape index (κ2) is 9.13. The highest BCUT2D eigenvalue weighted by Crippen LogP contribution is 2.13. The highest BCUT2D eigenvalue weighted by atomic mass is 19.1. The third-order valence-corrected chi connectivity index (χ3v) is 3.12. The lowest BCUT2D eigenvalue weighted by Crippen LogP contribution is -2.28. The summed E-state index contributed by atoms with van der Waals surface area (Å²) < 4.78 is 14.1. The van der Waals surface area contributed by atoms with Crippen LogP contribution in [0.3, 0.4) is 0 Å². The van der Waals surface area contributed by atoms with Crippen molar-refractivity contribution >= 4 is 0 Å². The van der Waals surface area contributed by atoms with Crippen LogP contribution >= 0.6 is 0 Å². The van der Waals surface area contributed by atoms with Gasteiger partial charge in [0.25, 0.3) is 0 Å². The zero-order chi connectivity index (χ0) is 15.7. The predicted octanol–water partition coefficient (Wildman–Crippen LogP) is 2.54. The van der Waals surface area contributed by atoms with E-state index in [-0.39, 0.29) is 18.3 Å². The number of nitriles is 1. The van der Waals surface area contributed by atoms with Crippen molar-refractivity contribution in [3.05, 3.63) is 35.1 Å². The van der Waals surface area contributed by atoms with E-state index in [1.807, 2.05) is 18.7 Å². The molecule has 0 spiro atoms. The number of hydrogen-bond donors (Lipinski definition) is 1. The molecule has 0 bridgehead atoms. The molecule has 0 saturated heterocycles. The van der Waals surface area contributed by atoms with Gasteiger partial charge in [-0.15, -0.1) is 0 Å². The van der Waals surface area contributed by atoms with E-state index in [1.54, 1.807) is 12.1 Å². The van der Waals surface area contributed by atoms with Gasteiger partial charge in [0, 0.05) is 30.6 Å². The van der Waals surface area contributed by atoms with Crippen molar-refractivity contribution in [1.82, 2.24) is 4.90 Å². The van der Waals surface area contributed by atoms with E-state index in [1.165, 1.54) is 6.07 Å². The maximum absolute atomic E-state index is 14.1. The molecule has 4 heteroatoms. The van der Waals surface area contributed by atoms with Gasteiger partial charge in [0.1, 0.15) is 5.82 Å². The highest BCUT2D eigenvalue weighted by molar-refractivity contribution is 5.37. The monoisotopic (exact) mass is 288 g/mol. The molecule has 0 aliphatic rings. The first kappa shape index (κ1) is 17.2.